The third-order valence-electron chi connectivity index (χ3n) is 8.13. The van der Waals surface area contributed by atoms with Crippen molar-refractivity contribution in [3.8, 4) is 0 Å². The number of carboxylic acids is 1. The normalized spacial score (nSPS) is 21.7. The van der Waals surface area contributed by atoms with Crippen LogP contribution in [0.4, 0.5) is 0 Å². The molecule has 1 N–H and O–H groups in total. The van der Waals surface area contributed by atoms with Crippen molar-refractivity contribution >= 4 is 16.0 Å². The summed E-state index contributed by atoms with van der Waals surface area (Å²) in [6.07, 6.45) is 11.6. The van der Waals surface area contributed by atoms with E-state index in [-0.39, 0.29) is 23.7 Å². The van der Waals surface area contributed by atoms with Crippen LogP contribution in [0, 0.1) is 10.8 Å². The number of aliphatic carboxylic acids is 1. The van der Waals surface area contributed by atoms with Crippen molar-refractivity contribution in [2.45, 2.75) is 103 Å². The molecule has 9 heteroatoms. The van der Waals surface area contributed by atoms with Crippen LogP contribution in [-0.4, -0.2) is 53.3 Å². The van der Waals surface area contributed by atoms with Crippen molar-refractivity contribution in [3.63, 3.8) is 0 Å². The van der Waals surface area contributed by atoms with E-state index >= 15 is 0 Å². The molecular weight excluding hydrogens is 442 g/mol. The molecule has 0 aromatic carbocycles. The summed E-state index contributed by atoms with van der Waals surface area (Å²) < 4.78 is 30.5. The fourth-order valence-corrected chi connectivity index (χ4v) is 6.71. The monoisotopic (exact) mass is 483 g/mol. The standard InChI is InChI=1S/C24H41N3O5S/c1-23(2,3)24(12-6-5-7-13-24)14-8-9-19(17-20(28)29)22-25-21(26-32-22)18-10-15-27(16-11-18)33(4,30)31/h18-19H,5-17H2,1-4H3,(H,28,29). The van der Waals surface area contributed by atoms with Gasteiger partial charge in [0, 0.05) is 24.9 Å². The molecule has 0 amide bonds. The molecule has 33 heavy (non-hydrogen) atoms. The van der Waals surface area contributed by atoms with Crippen LogP contribution in [0.15, 0.2) is 4.52 Å². The lowest BCUT2D eigenvalue weighted by atomic mass is 9.57. The van der Waals surface area contributed by atoms with Gasteiger partial charge in [0.15, 0.2) is 5.82 Å². The van der Waals surface area contributed by atoms with E-state index in [1.165, 1.54) is 42.7 Å². The summed E-state index contributed by atoms with van der Waals surface area (Å²) in [6, 6.07) is 0. The molecule has 2 aliphatic rings. The molecule has 1 aromatic rings. The summed E-state index contributed by atoms with van der Waals surface area (Å²) >= 11 is 0. The predicted molar refractivity (Wildman–Crippen MR) is 127 cm³/mol. The highest BCUT2D eigenvalue weighted by molar-refractivity contribution is 7.88. The van der Waals surface area contributed by atoms with Gasteiger partial charge in [-0.15, -0.1) is 0 Å². The lowest BCUT2D eigenvalue weighted by Gasteiger charge is -2.48. The molecule has 188 valence electrons. The van der Waals surface area contributed by atoms with Crippen LogP contribution in [0.3, 0.4) is 0 Å². The van der Waals surface area contributed by atoms with E-state index in [2.05, 4.69) is 30.9 Å². The fraction of sp³-hybridized carbons (Fsp3) is 0.875. The van der Waals surface area contributed by atoms with Gasteiger partial charge in [-0.1, -0.05) is 51.6 Å². The first-order valence-corrected chi connectivity index (χ1v) is 14.3. The first-order chi connectivity index (χ1) is 15.4. The van der Waals surface area contributed by atoms with Crippen molar-refractivity contribution in [2.24, 2.45) is 10.8 Å². The lowest BCUT2D eigenvalue weighted by molar-refractivity contribution is -0.137. The molecule has 2 fully saturated rings. The first kappa shape index (κ1) is 26.1. The number of sulfonamides is 1. The molecule has 8 nitrogen and oxygen atoms in total. The zero-order valence-corrected chi connectivity index (χ0v) is 21.5. The average Bonchev–Trinajstić information content (AvgIpc) is 3.22. The van der Waals surface area contributed by atoms with Gasteiger partial charge >= 0.3 is 5.97 Å². The van der Waals surface area contributed by atoms with Crippen LogP contribution in [0.1, 0.15) is 115 Å². The minimum absolute atomic E-state index is 0.0172. The Labute approximate surface area is 198 Å². The average molecular weight is 484 g/mol. The highest BCUT2D eigenvalue weighted by atomic mass is 32.2. The zero-order valence-electron chi connectivity index (χ0n) is 20.7. The maximum atomic E-state index is 11.7. The Morgan fingerprint density at radius 2 is 1.85 bits per heavy atom. The minimum Gasteiger partial charge on any atom is -0.481 e. The first-order valence-electron chi connectivity index (χ1n) is 12.4. The van der Waals surface area contributed by atoms with E-state index in [1.807, 2.05) is 0 Å². The van der Waals surface area contributed by atoms with Crippen molar-refractivity contribution in [3.05, 3.63) is 11.7 Å². The summed E-state index contributed by atoms with van der Waals surface area (Å²) in [4.78, 5) is 16.2. The molecule has 1 unspecified atom stereocenters. The molecule has 1 aliphatic heterocycles. The van der Waals surface area contributed by atoms with E-state index in [4.69, 9.17) is 4.52 Å². The van der Waals surface area contributed by atoms with Crippen molar-refractivity contribution in [2.75, 3.05) is 19.3 Å². The number of hydrogen-bond acceptors (Lipinski definition) is 6. The van der Waals surface area contributed by atoms with Gasteiger partial charge in [0.25, 0.3) is 0 Å². The third-order valence-corrected chi connectivity index (χ3v) is 9.43. The highest BCUT2D eigenvalue weighted by Gasteiger charge is 2.42. The molecule has 0 radical (unpaired) electrons. The van der Waals surface area contributed by atoms with Crippen molar-refractivity contribution in [1.82, 2.24) is 14.4 Å². The molecule has 0 spiro atoms. The second-order valence-corrected chi connectivity index (χ2v) is 13.2. The fourth-order valence-electron chi connectivity index (χ4n) is 5.84. The van der Waals surface area contributed by atoms with E-state index in [9.17, 15) is 18.3 Å². The predicted octanol–water partition coefficient (Wildman–Crippen LogP) is 4.93. The number of rotatable bonds is 9. The van der Waals surface area contributed by atoms with E-state index in [0.29, 0.717) is 43.1 Å². The molecule has 3 rings (SSSR count). The van der Waals surface area contributed by atoms with Gasteiger partial charge in [-0.05, 0) is 49.4 Å². The van der Waals surface area contributed by atoms with Crippen molar-refractivity contribution < 1.29 is 22.8 Å². The van der Waals surface area contributed by atoms with Gasteiger partial charge in [0.1, 0.15) is 0 Å². The second kappa shape index (κ2) is 10.4. The highest BCUT2D eigenvalue weighted by Crippen LogP contribution is 2.53. The Morgan fingerprint density at radius 1 is 1.21 bits per heavy atom. The smallest absolute Gasteiger partial charge is 0.304 e. The molecule has 1 saturated heterocycles. The quantitative estimate of drug-likeness (QED) is 0.529. The largest absolute Gasteiger partial charge is 0.481 e. The molecule has 2 heterocycles. The maximum absolute atomic E-state index is 11.7. The second-order valence-electron chi connectivity index (χ2n) is 11.2. The SMILES string of the molecule is CC(C)(C)C1(CCCC(CC(=O)O)c2nc(C3CCN(S(C)(=O)=O)CC3)no2)CCCCC1. The molecule has 1 atom stereocenters. The Bertz CT molecular complexity index is 891. The number of nitrogens with zero attached hydrogens (tertiary/aromatic N) is 3. The molecule has 1 saturated carbocycles. The maximum Gasteiger partial charge on any atom is 0.304 e. The topological polar surface area (TPSA) is 114 Å². The summed E-state index contributed by atoms with van der Waals surface area (Å²) in [5.41, 5.74) is 0.542. The van der Waals surface area contributed by atoms with Crippen molar-refractivity contribution in [1.29, 1.82) is 0 Å². The Morgan fingerprint density at radius 3 is 2.39 bits per heavy atom. The van der Waals surface area contributed by atoms with E-state index in [0.717, 1.165) is 19.3 Å². The number of carboxylic acid groups (broad SMARTS) is 1. The summed E-state index contributed by atoms with van der Waals surface area (Å²) in [7, 11) is -3.18. The van der Waals surface area contributed by atoms with E-state index in [1.54, 1.807) is 0 Å². The number of carbonyl (C=O) groups is 1. The number of piperidine rings is 1. The zero-order chi connectivity index (χ0) is 24.3. The minimum atomic E-state index is -3.18. The molecule has 1 aliphatic carbocycles. The van der Waals surface area contributed by atoms with Gasteiger partial charge < -0.3 is 9.63 Å². The number of aromatic nitrogens is 2. The van der Waals surface area contributed by atoms with Crippen LogP contribution in [0.25, 0.3) is 0 Å². The van der Waals surface area contributed by atoms with Gasteiger partial charge in [-0.2, -0.15) is 4.98 Å². The molecular formula is C24H41N3O5S. The summed E-state index contributed by atoms with van der Waals surface area (Å²) in [6.45, 7) is 7.91. The van der Waals surface area contributed by atoms with Crippen LogP contribution in [0.2, 0.25) is 0 Å². The summed E-state index contributed by atoms with van der Waals surface area (Å²) in [5, 5.41) is 13.6. The van der Waals surface area contributed by atoms with E-state index < -0.39 is 16.0 Å². The Kier molecular flexibility index (Phi) is 8.25. The van der Waals surface area contributed by atoms with Crippen LogP contribution < -0.4 is 0 Å². The van der Waals surface area contributed by atoms with Crippen LogP contribution in [-0.2, 0) is 14.8 Å². The van der Waals surface area contributed by atoms with Gasteiger partial charge in [0.05, 0.1) is 12.7 Å². The van der Waals surface area contributed by atoms with Crippen LogP contribution in [0.5, 0.6) is 0 Å². The third kappa shape index (κ3) is 6.56. The number of hydrogen-bond donors (Lipinski definition) is 1. The van der Waals surface area contributed by atoms with Gasteiger partial charge in [0.2, 0.25) is 15.9 Å². The van der Waals surface area contributed by atoms with Gasteiger partial charge in [-0.25, -0.2) is 12.7 Å². The molecule has 1 aromatic heterocycles. The Hall–Kier alpha value is -1.48. The van der Waals surface area contributed by atoms with Crippen LogP contribution >= 0.6 is 0 Å². The van der Waals surface area contributed by atoms with Gasteiger partial charge in [-0.3, -0.25) is 4.79 Å². The molecule has 0 bridgehead atoms. The Balaban J connectivity index is 1.64. The summed E-state index contributed by atoms with van der Waals surface area (Å²) in [5.74, 6) is -0.124. The lowest BCUT2D eigenvalue weighted by Crippen LogP contribution is -2.37.